The van der Waals surface area contributed by atoms with Gasteiger partial charge in [0.15, 0.2) is 11.5 Å². The number of carbonyl (C=O) groups is 1. The van der Waals surface area contributed by atoms with Crippen molar-refractivity contribution in [3.8, 4) is 28.5 Å². The average Bonchev–Trinajstić information content (AvgIpc) is 3.29. The van der Waals surface area contributed by atoms with Crippen molar-refractivity contribution in [3.63, 3.8) is 0 Å². The molecule has 0 aliphatic heterocycles. The molecule has 0 unspecified atom stereocenters. The van der Waals surface area contributed by atoms with Crippen molar-refractivity contribution in [3.05, 3.63) is 59.8 Å². The fourth-order valence-electron chi connectivity index (χ4n) is 3.19. The number of rotatable bonds is 10. The van der Waals surface area contributed by atoms with E-state index in [2.05, 4.69) is 22.4 Å². The second kappa shape index (κ2) is 10.5. The Labute approximate surface area is 182 Å². The normalized spacial score (nSPS) is 11.6. The van der Waals surface area contributed by atoms with Crippen LogP contribution in [0.1, 0.15) is 48.8 Å². The van der Waals surface area contributed by atoms with Crippen molar-refractivity contribution in [2.45, 2.75) is 32.7 Å². The van der Waals surface area contributed by atoms with Crippen LogP contribution in [0.2, 0.25) is 0 Å². The summed E-state index contributed by atoms with van der Waals surface area (Å²) in [6.07, 6.45) is 2.05. The molecule has 3 aromatic rings. The Morgan fingerprint density at radius 1 is 1.06 bits per heavy atom. The van der Waals surface area contributed by atoms with Gasteiger partial charge in [-0.2, -0.15) is 5.10 Å². The number of hydrogen-bond donors (Lipinski definition) is 2. The molecule has 0 aliphatic carbocycles. The lowest BCUT2D eigenvalue weighted by molar-refractivity contribution is 0.0934. The summed E-state index contributed by atoms with van der Waals surface area (Å²) in [4.78, 5) is 12.8. The van der Waals surface area contributed by atoms with E-state index in [0.717, 1.165) is 29.7 Å². The van der Waals surface area contributed by atoms with Crippen molar-refractivity contribution in [1.29, 1.82) is 0 Å². The second-order valence-corrected chi connectivity index (χ2v) is 7.17. The number of H-pyrrole nitrogens is 1. The monoisotopic (exact) mass is 423 g/mol. The third-order valence-electron chi connectivity index (χ3n) is 5.00. The first-order valence-electron chi connectivity index (χ1n) is 10.4. The third-order valence-corrected chi connectivity index (χ3v) is 5.00. The summed E-state index contributed by atoms with van der Waals surface area (Å²) >= 11 is 0. The molecule has 1 amide bonds. The van der Waals surface area contributed by atoms with E-state index in [1.54, 1.807) is 20.3 Å². The van der Waals surface area contributed by atoms with Crippen LogP contribution in [0.3, 0.4) is 0 Å². The van der Waals surface area contributed by atoms with Gasteiger partial charge < -0.3 is 19.5 Å². The first-order valence-corrected chi connectivity index (χ1v) is 10.4. The lowest BCUT2D eigenvalue weighted by atomic mass is 10.1. The Hall–Kier alpha value is -3.48. The van der Waals surface area contributed by atoms with E-state index in [9.17, 15) is 4.79 Å². The molecule has 31 heavy (non-hydrogen) atoms. The standard InChI is InChI=1S/C24H29N3O4/c1-5-6-13-31-21-10-8-7-9-18(21)19-15-20(27-26-19)24(28)25-16(2)17-11-12-22(29-3)23(14-17)30-4/h7-12,14-16H,5-6,13H2,1-4H3,(H,25,28)(H,26,27)/t16-/m0/s1. The highest BCUT2D eigenvalue weighted by atomic mass is 16.5. The van der Waals surface area contributed by atoms with Crippen LogP contribution in [0.4, 0.5) is 0 Å². The van der Waals surface area contributed by atoms with Crippen LogP contribution in [-0.2, 0) is 0 Å². The van der Waals surface area contributed by atoms with Gasteiger partial charge in [-0.05, 0) is 49.2 Å². The maximum Gasteiger partial charge on any atom is 0.269 e. The molecule has 0 fully saturated rings. The smallest absolute Gasteiger partial charge is 0.269 e. The minimum Gasteiger partial charge on any atom is -0.493 e. The van der Waals surface area contributed by atoms with E-state index in [1.165, 1.54) is 0 Å². The molecule has 1 heterocycles. The summed E-state index contributed by atoms with van der Waals surface area (Å²) in [6.45, 7) is 4.68. The Kier molecular flexibility index (Phi) is 7.54. The highest BCUT2D eigenvalue weighted by Crippen LogP contribution is 2.31. The first kappa shape index (κ1) is 22.2. The number of amides is 1. The number of ether oxygens (including phenoxy) is 3. The molecule has 1 atom stereocenters. The van der Waals surface area contributed by atoms with E-state index >= 15 is 0 Å². The summed E-state index contributed by atoms with van der Waals surface area (Å²) in [7, 11) is 3.17. The molecule has 0 saturated carbocycles. The minimum absolute atomic E-state index is 0.233. The van der Waals surface area contributed by atoms with Crippen LogP contribution in [-0.4, -0.2) is 36.9 Å². The highest BCUT2D eigenvalue weighted by Gasteiger charge is 2.17. The molecule has 2 aromatic carbocycles. The van der Waals surface area contributed by atoms with Crippen LogP contribution in [0, 0.1) is 0 Å². The fraction of sp³-hybridized carbons (Fsp3) is 0.333. The Morgan fingerprint density at radius 3 is 2.58 bits per heavy atom. The third kappa shape index (κ3) is 5.36. The number of para-hydroxylation sites is 1. The van der Waals surface area contributed by atoms with Gasteiger partial charge in [0.2, 0.25) is 0 Å². The number of unbranched alkanes of at least 4 members (excludes halogenated alkanes) is 1. The van der Waals surface area contributed by atoms with Crippen molar-refractivity contribution >= 4 is 5.91 Å². The minimum atomic E-state index is -0.245. The number of aromatic amines is 1. The Morgan fingerprint density at radius 2 is 1.84 bits per heavy atom. The molecule has 2 N–H and O–H groups in total. The van der Waals surface area contributed by atoms with E-state index < -0.39 is 0 Å². The predicted molar refractivity (Wildman–Crippen MR) is 120 cm³/mol. The number of nitrogens with zero attached hydrogens (tertiary/aromatic N) is 1. The fourth-order valence-corrected chi connectivity index (χ4v) is 3.19. The Bertz CT molecular complexity index is 1020. The maximum atomic E-state index is 12.8. The van der Waals surface area contributed by atoms with E-state index in [1.807, 2.05) is 49.4 Å². The number of aromatic nitrogens is 2. The molecule has 1 aromatic heterocycles. The molecular formula is C24H29N3O4. The number of benzene rings is 2. The van der Waals surface area contributed by atoms with Gasteiger partial charge in [0.05, 0.1) is 32.6 Å². The lowest BCUT2D eigenvalue weighted by Crippen LogP contribution is -2.27. The van der Waals surface area contributed by atoms with Crippen LogP contribution < -0.4 is 19.5 Å². The van der Waals surface area contributed by atoms with Gasteiger partial charge in [0.1, 0.15) is 11.4 Å². The summed E-state index contributed by atoms with van der Waals surface area (Å²) in [5.74, 6) is 1.77. The Balaban J connectivity index is 1.72. The number of hydrogen-bond acceptors (Lipinski definition) is 5. The average molecular weight is 424 g/mol. The zero-order valence-electron chi connectivity index (χ0n) is 18.4. The van der Waals surface area contributed by atoms with Crippen LogP contribution in [0.25, 0.3) is 11.3 Å². The van der Waals surface area contributed by atoms with Gasteiger partial charge in [-0.25, -0.2) is 0 Å². The lowest BCUT2D eigenvalue weighted by Gasteiger charge is -2.16. The molecule has 0 saturated heterocycles. The van der Waals surface area contributed by atoms with Gasteiger partial charge in [-0.1, -0.05) is 31.5 Å². The van der Waals surface area contributed by atoms with Gasteiger partial charge in [-0.3, -0.25) is 9.89 Å². The van der Waals surface area contributed by atoms with E-state index in [-0.39, 0.29) is 11.9 Å². The number of methoxy groups -OCH3 is 2. The molecule has 0 radical (unpaired) electrons. The maximum absolute atomic E-state index is 12.8. The van der Waals surface area contributed by atoms with Crippen LogP contribution in [0.5, 0.6) is 17.2 Å². The molecule has 0 aliphatic rings. The molecule has 164 valence electrons. The summed E-state index contributed by atoms with van der Waals surface area (Å²) in [5.41, 5.74) is 2.80. The highest BCUT2D eigenvalue weighted by molar-refractivity contribution is 5.93. The van der Waals surface area contributed by atoms with Crippen molar-refractivity contribution in [1.82, 2.24) is 15.5 Å². The summed E-state index contributed by atoms with van der Waals surface area (Å²) in [5, 5.41) is 10.1. The van der Waals surface area contributed by atoms with Crippen LogP contribution in [0.15, 0.2) is 48.5 Å². The molecule has 7 heteroatoms. The molecular weight excluding hydrogens is 394 g/mol. The zero-order chi connectivity index (χ0) is 22.2. The van der Waals surface area contributed by atoms with Crippen LogP contribution >= 0.6 is 0 Å². The molecule has 0 spiro atoms. The molecule has 3 rings (SSSR count). The van der Waals surface area contributed by atoms with Crippen molar-refractivity contribution in [2.75, 3.05) is 20.8 Å². The van der Waals surface area contributed by atoms with Gasteiger partial charge >= 0.3 is 0 Å². The van der Waals surface area contributed by atoms with Gasteiger partial charge in [0, 0.05) is 5.56 Å². The van der Waals surface area contributed by atoms with Crippen molar-refractivity contribution < 1.29 is 19.0 Å². The second-order valence-electron chi connectivity index (χ2n) is 7.17. The van der Waals surface area contributed by atoms with Crippen molar-refractivity contribution in [2.24, 2.45) is 0 Å². The number of nitrogens with one attached hydrogen (secondary N) is 2. The number of carbonyl (C=O) groups excluding carboxylic acids is 1. The molecule has 0 bridgehead atoms. The SMILES string of the molecule is CCCCOc1ccccc1-c1cc(C(=O)N[C@@H](C)c2ccc(OC)c(OC)c2)[nH]n1. The largest absolute Gasteiger partial charge is 0.493 e. The van der Waals surface area contributed by atoms with Gasteiger partial charge in [0.25, 0.3) is 5.91 Å². The molecule has 7 nitrogen and oxygen atoms in total. The predicted octanol–water partition coefficient (Wildman–Crippen LogP) is 4.76. The van der Waals surface area contributed by atoms with E-state index in [0.29, 0.717) is 29.5 Å². The zero-order valence-corrected chi connectivity index (χ0v) is 18.4. The summed E-state index contributed by atoms with van der Waals surface area (Å²) < 4.78 is 16.5. The summed E-state index contributed by atoms with van der Waals surface area (Å²) in [6, 6.07) is 14.8. The topological polar surface area (TPSA) is 85.5 Å². The van der Waals surface area contributed by atoms with Gasteiger partial charge in [-0.15, -0.1) is 0 Å². The first-order chi connectivity index (χ1) is 15.1. The quantitative estimate of drug-likeness (QED) is 0.459. The van der Waals surface area contributed by atoms with E-state index in [4.69, 9.17) is 14.2 Å².